The van der Waals surface area contributed by atoms with Crippen molar-refractivity contribution in [2.24, 2.45) is 0 Å². The highest BCUT2D eigenvalue weighted by Gasteiger charge is 2.14. The van der Waals surface area contributed by atoms with E-state index in [1.807, 2.05) is 26.1 Å². The van der Waals surface area contributed by atoms with Crippen molar-refractivity contribution in [1.29, 1.82) is 0 Å². The van der Waals surface area contributed by atoms with Gasteiger partial charge in [-0.05, 0) is 42.8 Å². The minimum atomic E-state index is -0.283. The molecule has 3 rings (SSSR count). The number of aromatic nitrogens is 1. The smallest absolute Gasteiger partial charge is 0.123 e. The van der Waals surface area contributed by atoms with Crippen LogP contribution in [0.5, 0.6) is 0 Å². The Balaban J connectivity index is 2.51. The van der Waals surface area contributed by atoms with Gasteiger partial charge in [-0.3, -0.25) is 0 Å². The van der Waals surface area contributed by atoms with Crippen molar-refractivity contribution in [2.75, 3.05) is 12.4 Å². The van der Waals surface area contributed by atoms with Gasteiger partial charge in [-0.25, -0.2) is 4.39 Å². The van der Waals surface area contributed by atoms with Crippen LogP contribution in [0.3, 0.4) is 0 Å². The van der Waals surface area contributed by atoms with Crippen LogP contribution in [0, 0.1) is 5.82 Å². The van der Waals surface area contributed by atoms with Crippen LogP contribution < -0.4 is 5.32 Å². The Labute approximate surface area is 122 Å². The lowest BCUT2D eigenvalue weighted by Crippen LogP contribution is -1.98. The van der Waals surface area contributed by atoms with E-state index in [-0.39, 0.29) is 12.5 Å². The van der Waals surface area contributed by atoms with Gasteiger partial charge in [0.1, 0.15) is 12.5 Å². The van der Waals surface area contributed by atoms with Crippen molar-refractivity contribution >= 4 is 33.1 Å². The zero-order chi connectivity index (χ0) is 15.1. The van der Waals surface area contributed by atoms with Crippen LogP contribution in [0.15, 0.2) is 36.9 Å². The van der Waals surface area contributed by atoms with Crippen LogP contribution in [0.1, 0.15) is 12.5 Å². The van der Waals surface area contributed by atoms with Crippen molar-refractivity contribution in [3.8, 4) is 0 Å². The summed E-state index contributed by atoms with van der Waals surface area (Å²) in [7, 11) is 1.85. The molecule has 108 valence electrons. The number of hydrogen-bond acceptors (Lipinski definition) is 2. The minimum Gasteiger partial charge on any atom is -0.388 e. The first kappa shape index (κ1) is 13.6. The summed E-state index contributed by atoms with van der Waals surface area (Å²) in [6.07, 6.45) is 0. The molecule has 0 fully saturated rings. The van der Waals surface area contributed by atoms with Crippen molar-refractivity contribution in [1.82, 2.24) is 4.57 Å². The molecule has 2 aromatic carbocycles. The van der Waals surface area contributed by atoms with E-state index < -0.39 is 0 Å². The number of hydrogen-bond donors (Lipinski definition) is 2. The lowest BCUT2D eigenvalue weighted by atomic mass is 10.0. The van der Waals surface area contributed by atoms with E-state index in [0.29, 0.717) is 0 Å². The number of aliphatic hydroxyl groups is 1. The second-order valence-corrected chi connectivity index (χ2v) is 5.18. The Morgan fingerprint density at radius 3 is 2.57 bits per heavy atom. The van der Waals surface area contributed by atoms with Crippen LogP contribution in [0.2, 0.25) is 0 Å². The normalized spacial score (nSPS) is 11.2. The first-order valence-corrected chi connectivity index (χ1v) is 6.76. The maximum absolute atomic E-state index is 13.6. The van der Waals surface area contributed by atoms with Gasteiger partial charge in [0.05, 0.1) is 11.0 Å². The summed E-state index contributed by atoms with van der Waals surface area (Å²) in [5, 5.41) is 14.5. The van der Waals surface area contributed by atoms with Gasteiger partial charge >= 0.3 is 0 Å². The summed E-state index contributed by atoms with van der Waals surface area (Å²) >= 11 is 0. The SMILES string of the molecule is C=C(C)c1cc2c(cc1NC)c1cc(F)ccc1n2CO. The van der Waals surface area contributed by atoms with Gasteiger partial charge in [0.15, 0.2) is 0 Å². The number of nitrogens with one attached hydrogen (secondary N) is 1. The van der Waals surface area contributed by atoms with Crippen molar-refractivity contribution < 1.29 is 9.50 Å². The summed E-state index contributed by atoms with van der Waals surface area (Å²) < 4.78 is 15.3. The van der Waals surface area contributed by atoms with Crippen molar-refractivity contribution in [3.05, 3.63) is 48.3 Å². The molecule has 0 aliphatic heterocycles. The van der Waals surface area contributed by atoms with Gasteiger partial charge in [0.2, 0.25) is 0 Å². The zero-order valence-electron chi connectivity index (χ0n) is 12.1. The second kappa shape index (κ2) is 4.90. The van der Waals surface area contributed by atoms with E-state index in [9.17, 15) is 9.50 Å². The number of allylic oxidation sites excluding steroid dienone is 1. The number of anilines is 1. The molecule has 3 aromatic rings. The van der Waals surface area contributed by atoms with Gasteiger partial charge in [-0.2, -0.15) is 0 Å². The molecule has 0 aliphatic carbocycles. The third kappa shape index (κ3) is 1.99. The largest absolute Gasteiger partial charge is 0.388 e. The van der Waals surface area contributed by atoms with Crippen LogP contribution in [0.25, 0.3) is 27.4 Å². The van der Waals surface area contributed by atoms with E-state index in [0.717, 1.165) is 38.6 Å². The van der Waals surface area contributed by atoms with Crippen LogP contribution in [-0.2, 0) is 6.73 Å². The maximum Gasteiger partial charge on any atom is 0.123 e. The Morgan fingerprint density at radius 2 is 1.95 bits per heavy atom. The van der Waals surface area contributed by atoms with E-state index in [4.69, 9.17) is 0 Å². The Bertz CT molecular complexity index is 864. The highest BCUT2D eigenvalue weighted by Crippen LogP contribution is 2.35. The van der Waals surface area contributed by atoms with E-state index in [2.05, 4.69) is 11.9 Å². The third-order valence-corrected chi connectivity index (χ3v) is 3.84. The molecule has 0 saturated carbocycles. The lowest BCUT2D eigenvalue weighted by Gasteiger charge is -2.10. The molecule has 0 bridgehead atoms. The predicted octanol–water partition coefficient (Wildman–Crippen LogP) is 3.96. The van der Waals surface area contributed by atoms with E-state index >= 15 is 0 Å². The quantitative estimate of drug-likeness (QED) is 0.764. The highest BCUT2D eigenvalue weighted by molar-refractivity contribution is 6.10. The number of rotatable bonds is 3. The van der Waals surface area contributed by atoms with Gasteiger partial charge in [-0.15, -0.1) is 0 Å². The number of fused-ring (bicyclic) bond motifs is 3. The predicted molar refractivity (Wildman–Crippen MR) is 85.9 cm³/mol. The standard InChI is InChI=1S/C17H17FN2O/c1-10(2)12-8-17-14(7-15(12)19-3)13-6-11(18)4-5-16(13)20(17)9-21/h4-8,19,21H,1,9H2,2-3H3. The monoisotopic (exact) mass is 284 g/mol. The molecular weight excluding hydrogens is 267 g/mol. The molecule has 3 nitrogen and oxygen atoms in total. The van der Waals surface area contributed by atoms with Crippen molar-refractivity contribution in [2.45, 2.75) is 13.7 Å². The average molecular weight is 284 g/mol. The minimum absolute atomic E-state index is 0.153. The molecule has 0 amide bonds. The second-order valence-electron chi connectivity index (χ2n) is 5.18. The molecule has 2 N–H and O–H groups in total. The van der Waals surface area contributed by atoms with E-state index in [1.165, 1.54) is 12.1 Å². The molecule has 1 heterocycles. The van der Waals surface area contributed by atoms with Gasteiger partial charge in [0, 0.05) is 29.1 Å². The molecule has 4 heteroatoms. The molecular formula is C17H17FN2O. The first-order valence-electron chi connectivity index (χ1n) is 6.76. The summed E-state index contributed by atoms with van der Waals surface area (Å²) in [5.74, 6) is -0.283. The Morgan fingerprint density at radius 1 is 1.24 bits per heavy atom. The molecule has 0 aliphatic rings. The van der Waals surface area contributed by atoms with Gasteiger partial charge in [-0.1, -0.05) is 6.58 Å². The highest BCUT2D eigenvalue weighted by atomic mass is 19.1. The first-order chi connectivity index (χ1) is 10.1. The molecule has 0 saturated heterocycles. The van der Waals surface area contributed by atoms with E-state index in [1.54, 1.807) is 10.6 Å². The number of nitrogens with zero attached hydrogens (tertiary/aromatic N) is 1. The number of aliphatic hydroxyl groups excluding tert-OH is 1. The molecule has 0 spiro atoms. The molecule has 0 radical (unpaired) electrons. The lowest BCUT2D eigenvalue weighted by molar-refractivity contribution is 0.220. The van der Waals surface area contributed by atoms with Gasteiger partial charge in [0.25, 0.3) is 0 Å². The molecule has 1 aromatic heterocycles. The van der Waals surface area contributed by atoms with Crippen LogP contribution in [0.4, 0.5) is 10.1 Å². The molecule has 0 unspecified atom stereocenters. The van der Waals surface area contributed by atoms with Crippen molar-refractivity contribution in [3.63, 3.8) is 0 Å². The average Bonchev–Trinajstić information content (AvgIpc) is 2.77. The topological polar surface area (TPSA) is 37.2 Å². The third-order valence-electron chi connectivity index (χ3n) is 3.84. The van der Waals surface area contributed by atoms with Crippen LogP contribution in [-0.4, -0.2) is 16.7 Å². The number of benzene rings is 2. The fourth-order valence-corrected chi connectivity index (χ4v) is 2.83. The summed E-state index contributed by atoms with van der Waals surface area (Å²) in [5.41, 5.74) is 4.55. The summed E-state index contributed by atoms with van der Waals surface area (Å²) in [6, 6.07) is 8.57. The Kier molecular flexibility index (Phi) is 3.18. The fraction of sp³-hybridized carbons (Fsp3) is 0.176. The number of halogens is 1. The molecule has 0 atom stereocenters. The summed E-state index contributed by atoms with van der Waals surface area (Å²) in [6.45, 7) is 5.78. The maximum atomic E-state index is 13.6. The molecule has 21 heavy (non-hydrogen) atoms. The summed E-state index contributed by atoms with van der Waals surface area (Å²) in [4.78, 5) is 0. The Hall–Kier alpha value is -2.33. The fourth-order valence-electron chi connectivity index (χ4n) is 2.83. The zero-order valence-corrected chi connectivity index (χ0v) is 12.1. The van der Waals surface area contributed by atoms with Crippen LogP contribution >= 0.6 is 0 Å². The van der Waals surface area contributed by atoms with Gasteiger partial charge < -0.3 is 15.0 Å².